The molecule has 2 N–H and O–H groups in total. The van der Waals surface area contributed by atoms with Crippen molar-refractivity contribution in [2.45, 2.75) is 18.9 Å². The molecule has 2 heterocycles. The second-order valence-corrected chi connectivity index (χ2v) is 4.21. The van der Waals surface area contributed by atoms with Gasteiger partial charge in [-0.05, 0) is 25.0 Å². The molecule has 1 aliphatic heterocycles. The number of carbonyl (C=O) groups is 1. The van der Waals surface area contributed by atoms with Crippen LogP contribution in [0.4, 0.5) is 0 Å². The van der Waals surface area contributed by atoms with E-state index in [0.29, 0.717) is 18.0 Å². The van der Waals surface area contributed by atoms with Crippen molar-refractivity contribution in [3.8, 4) is 5.88 Å². The second-order valence-electron chi connectivity index (χ2n) is 4.21. The Hall–Kier alpha value is -1.62. The average molecular weight is 235 g/mol. The topological polar surface area (TPSA) is 68.5 Å². The van der Waals surface area contributed by atoms with Gasteiger partial charge in [0.15, 0.2) is 0 Å². The Bertz CT molecular complexity index is 408. The summed E-state index contributed by atoms with van der Waals surface area (Å²) in [6.07, 6.45) is 3.54. The normalized spacial score (nSPS) is 20.1. The zero-order valence-electron chi connectivity index (χ0n) is 9.93. The lowest BCUT2D eigenvalue weighted by atomic mass is 10.1. The van der Waals surface area contributed by atoms with E-state index >= 15 is 0 Å². The van der Waals surface area contributed by atoms with Crippen LogP contribution in [-0.2, 0) is 0 Å². The molecule has 2 rings (SSSR count). The Balaban J connectivity index is 2.18. The van der Waals surface area contributed by atoms with Gasteiger partial charge in [-0.2, -0.15) is 0 Å². The quantitative estimate of drug-likeness (QED) is 0.817. The van der Waals surface area contributed by atoms with Crippen LogP contribution < -0.4 is 10.5 Å². The minimum atomic E-state index is -0.0508. The zero-order valence-corrected chi connectivity index (χ0v) is 9.93. The van der Waals surface area contributed by atoms with E-state index in [1.165, 1.54) is 7.11 Å². The maximum atomic E-state index is 12.3. The smallest absolute Gasteiger partial charge is 0.259 e. The average Bonchev–Trinajstić information content (AvgIpc) is 2.38. The van der Waals surface area contributed by atoms with Crippen molar-refractivity contribution in [3.63, 3.8) is 0 Å². The molecule has 0 spiro atoms. The van der Waals surface area contributed by atoms with Gasteiger partial charge in [0, 0.05) is 25.3 Å². The number of methoxy groups -OCH3 is 1. The van der Waals surface area contributed by atoms with E-state index < -0.39 is 0 Å². The molecule has 0 unspecified atom stereocenters. The number of likely N-dealkylation sites (tertiary alicyclic amines) is 1. The zero-order chi connectivity index (χ0) is 12.3. The summed E-state index contributed by atoms with van der Waals surface area (Å²) in [6, 6.07) is 3.55. The van der Waals surface area contributed by atoms with E-state index in [0.717, 1.165) is 19.4 Å². The first-order valence-corrected chi connectivity index (χ1v) is 5.76. The van der Waals surface area contributed by atoms with E-state index in [4.69, 9.17) is 10.5 Å². The monoisotopic (exact) mass is 235 g/mol. The van der Waals surface area contributed by atoms with Gasteiger partial charge in [-0.3, -0.25) is 4.79 Å². The molecule has 1 atom stereocenters. The van der Waals surface area contributed by atoms with Crippen LogP contribution in [0, 0.1) is 0 Å². The number of piperidine rings is 1. The Kier molecular flexibility index (Phi) is 3.58. The molecule has 0 aromatic carbocycles. The lowest BCUT2D eigenvalue weighted by Crippen LogP contribution is -2.45. The molecule has 5 heteroatoms. The number of amides is 1. The summed E-state index contributed by atoms with van der Waals surface area (Å²) in [6.45, 7) is 1.36. The molecule has 92 valence electrons. The Morgan fingerprint density at radius 3 is 3.18 bits per heavy atom. The van der Waals surface area contributed by atoms with Gasteiger partial charge >= 0.3 is 0 Å². The first-order chi connectivity index (χ1) is 8.22. The van der Waals surface area contributed by atoms with Crippen LogP contribution >= 0.6 is 0 Å². The highest BCUT2D eigenvalue weighted by atomic mass is 16.5. The van der Waals surface area contributed by atoms with Gasteiger partial charge in [0.1, 0.15) is 5.56 Å². The van der Waals surface area contributed by atoms with Gasteiger partial charge < -0.3 is 15.4 Å². The summed E-state index contributed by atoms with van der Waals surface area (Å²) in [5.41, 5.74) is 6.37. The highest BCUT2D eigenvalue weighted by Crippen LogP contribution is 2.18. The molecule has 1 aromatic rings. The number of hydrogen-bond acceptors (Lipinski definition) is 4. The van der Waals surface area contributed by atoms with Gasteiger partial charge in [0.05, 0.1) is 7.11 Å². The maximum absolute atomic E-state index is 12.3. The van der Waals surface area contributed by atoms with E-state index in [-0.39, 0.29) is 11.9 Å². The summed E-state index contributed by atoms with van der Waals surface area (Å²) >= 11 is 0. The van der Waals surface area contributed by atoms with Crippen molar-refractivity contribution in [2.24, 2.45) is 5.73 Å². The molecular formula is C12H17N3O2. The van der Waals surface area contributed by atoms with Gasteiger partial charge in [-0.15, -0.1) is 0 Å². The molecule has 0 bridgehead atoms. The minimum Gasteiger partial charge on any atom is -0.480 e. The number of ether oxygens (including phenoxy) is 1. The number of nitrogens with zero attached hydrogens (tertiary/aromatic N) is 2. The fraction of sp³-hybridized carbons (Fsp3) is 0.500. The molecule has 1 aromatic heterocycles. The molecular weight excluding hydrogens is 218 g/mol. The SMILES string of the molecule is COc1ncccc1C(=O)N1CCC[C@H](N)C1. The molecule has 0 saturated carbocycles. The van der Waals surface area contributed by atoms with Crippen molar-refractivity contribution in [1.29, 1.82) is 0 Å². The Morgan fingerprint density at radius 2 is 2.47 bits per heavy atom. The largest absolute Gasteiger partial charge is 0.480 e. The lowest BCUT2D eigenvalue weighted by molar-refractivity contribution is 0.0704. The van der Waals surface area contributed by atoms with Crippen LogP contribution in [0.2, 0.25) is 0 Å². The fourth-order valence-electron chi connectivity index (χ4n) is 2.08. The van der Waals surface area contributed by atoms with E-state index in [2.05, 4.69) is 4.98 Å². The van der Waals surface area contributed by atoms with Crippen LogP contribution in [-0.4, -0.2) is 42.0 Å². The van der Waals surface area contributed by atoms with Crippen molar-refractivity contribution in [2.75, 3.05) is 20.2 Å². The third-order valence-corrected chi connectivity index (χ3v) is 2.94. The van der Waals surface area contributed by atoms with E-state index in [1.807, 2.05) is 0 Å². The molecule has 1 aliphatic rings. The van der Waals surface area contributed by atoms with Gasteiger partial charge in [0.2, 0.25) is 5.88 Å². The minimum absolute atomic E-state index is 0.0508. The molecule has 0 radical (unpaired) electrons. The van der Waals surface area contributed by atoms with Crippen LogP contribution in [0.3, 0.4) is 0 Å². The van der Waals surface area contributed by atoms with Crippen molar-refractivity contribution < 1.29 is 9.53 Å². The van der Waals surface area contributed by atoms with E-state index in [1.54, 1.807) is 23.2 Å². The number of rotatable bonds is 2. The Morgan fingerprint density at radius 1 is 1.65 bits per heavy atom. The van der Waals surface area contributed by atoms with Crippen LogP contribution in [0.25, 0.3) is 0 Å². The predicted octanol–water partition coefficient (Wildman–Crippen LogP) is 0.654. The number of nitrogens with two attached hydrogens (primary N) is 1. The summed E-state index contributed by atoms with van der Waals surface area (Å²) in [4.78, 5) is 18.1. The number of hydrogen-bond donors (Lipinski definition) is 1. The fourth-order valence-corrected chi connectivity index (χ4v) is 2.08. The van der Waals surface area contributed by atoms with Crippen LogP contribution in [0.1, 0.15) is 23.2 Å². The molecule has 1 fully saturated rings. The molecule has 5 nitrogen and oxygen atoms in total. The van der Waals surface area contributed by atoms with Gasteiger partial charge in [-0.1, -0.05) is 0 Å². The number of carbonyl (C=O) groups excluding carboxylic acids is 1. The first kappa shape index (κ1) is 11.9. The molecule has 1 saturated heterocycles. The van der Waals surface area contributed by atoms with Gasteiger partial charge in [-0.25, -0.2) is 4.98 Å². The molecule has 0 aliphatic carbocycles. The molecule has 1 amide bonds. The summed E-state index contributed by atoms with van der Waals surface area (Å²) in [5, 5.41) is 0. The second kappa shape index (κ2) is 5.14. The summed E-state index contributed by atoms with van der Waals surface area (Å²) in [5.74, 6) is 0.321. The highest BCUT2D eigenvalue weighted by molar-refractivity contribution is 5.96. The van der Waals surface area contributed by atoms with E-state index in [9.17, 15) is 4.79 Å². The van der Waals surface area contributed by atoms with Gasteiger partial charge in [0.25, 0.3) is 5.91 Å². The third-order valence-electron chi connectivity index (χ3n) is 2.94. The number of pyridine rings is 1. The van der Waals surface area contributed by atoms with Crippen molar-refractivity contribution >= 4 is 5.91 Å². The molecule has 17 heavy (non-hydrogen) atoms. The Labute approximate surface area is 101 Å². The van der Waals surface area contributed by atoms with Crippen LogP contribution in [0.5, 0.6) is 5.88 Å². The highest BCUT2D eigenvalue weighted by Gasteiger charge is 2.24. The third kappa shape index (κ3) is 2.55. The summed E-state index contributed by atoms with van der Waals surface area (Å²) < 4.78 is 5.09. The first-order valence-electron chi connectivity index (χ1n) is 5.76. The predicted molar refractivity (Wildman–Crippen MR) is 63.9 cm³/mol. The van der Waals surface area contributed by atoms with Crippen molar-refractivity contribution in [3.05, 3.63) is 23.9 Å². The van der Waals surface area contributed by atoms with Crippen LogP contribution in [0.15, 0.2) is 18.3 Å². The maximum Gasteiger partial charge on any atom is 0.259 e. The lowest BCUT2D eigenvalue weighted by Gasteiger charge is -2.30. The standard InChI is InChI=1S/C12H17N3O2/c1-17-11-10(5-2-6-14-11)12(16)15-7-3-4-9(13)8-15/h2,5-6,9H,3-4,7-8,13H2,1H3/t9-/m0/s1. The number of aromatic nitrogens is 1. The summed E-state index contributed by atoms with van der Waals surface area (Å²) in [7, 11) is 1.51. The van der Waals surface area contributed by atoms with Crippen molar-refractivity contribution in [1.82, 2.24) is 9.88 Å².